The van der Waals surface area contributed by atoms with Crippen molar-refractivity contribution in [3.05, 3.63) is 34.3 Å². The zero-order chi connectivity index (χ0) is 15.2. The van der Waals surface area contributed by atoms with E-state index in [-0.39, 0.29) is 17.5 Å². The number of aromatic nitrogens is 3. The Bertz CT molecular complexity index is 599. The van der Waals surface area contributed by atoms with Gasteiger partial charge in [-0.3, -0.25) is 10.6 Å². The molecule has 21 heavy (non-hydrogen) atoms. The second kappa shape index (κ2) is 7.09. The number of nitrogens with one attached hydrogen (secondary N) is 2. The van der Waals surface area contributed by atoms with E-state index in [1.807, 2.05) is 19.2 Å². The minimum atomic E-state index is -0.275. The Hall–Kier alpha value is -2.06. The maximum absolute atomic E-state index is 12.2. The van der Waals surface area contributed by atoms with E-state index in [2.05, 4.69) is 25.7 Å². The number of amides is 1. The summed E-state index contributed by atoms with van der Waals surface area (Å²) in [6, 6.07) is 0. The molecular formula is C13H18N6OS. The number of carbonyl (C=O) groups is 1. The standard InChI is InChI=1S/C13H18N6OS/c1-8(2)12-16-5-10(19-14)11(18-12)13(20)15-4-3-9-6-21-7-17-9/h5-8,19H,3-4,14H2,1-2H3,(H,15,20). The normalized spacial score (nSPS) is 10.7. The average molecular weight is 306 g/mol. The Morgan fingerprint density at radius 1 is 1.43 bits per heavy atom. The zero-order valence-electron chi connectivity index (χ0n) is 12.0. The van der Waals surface area contributed by atoms with Gasteiger partial charge in [0.1, 0.15) is 5.82 Å². The van der Waals surface area contributed by atoms with Crippen molar-refractivity contribution < 1.29 is 4.79 Å². The molecule has 2 aromatic heterocycles. The van der Waals surface area contributed by atoms with Gasteiger partial charge in [-0.1, -0.05) is 13.8 Å². The van der Waals surface area contributed by atoms with Gasteiger partial charge in [-0.15, -0.1) is 11.3 Å². The number of nitrogens with zero attached hydrogens (tertiary/aromatic N) is 3. The lowest BCUT2D eigenvalue weighted by Gasteiger charge is -2.11. The van der Waals surface area contributed by atoms with Crippen LogP contribution in [-0.4, -0.2) is 27.4 Å². The minimum absolute atomic E-state index is 0.137. The highest BCUT2D eigenvalue weighted by molar-refractivity contribution is 7.07. The summed E-state index contributed by atoms with van der Waals surface area (Å²) in [7, 11) is 0. The molecule has 0 saturated heterocycles. The number of anilines is 1. The summed E-state index contributed by atoms with van der Waals surface area (Å²) in [6.07, 6.45) is 2.21. The average Bonchev–Trinajstić information content (AvgIpc) is 2.99. The lowest BCUT2D eigenvalue weighted by molar-refractivity contribution is 0.0949. The minimum Gasteiger partial charge on any atom is -0.350 e. The van der Waals surface area contributed by atoms with Gasteiger partial charge in [0.15, 0.2) is 5.69 Å². The van der Waals surface area contributed by atoms with Gasteiger partial charge in [0.25, 0.3) is 5.91 Å². The van der Waals surface area contributed by atoms with Gasteiger partial charge in [0, 0.05) is 24.3 Å². The third kappa shape index (κ3) is 3.96. The molecule has 4 N–H and O–H groups in total. The summed E-state index contributed by atoms with van der Waals surface area (Å²) < 4.78 is 0. The van der Waals surface area contributed by atoms with Crippen LogP contribution < -0.4 is 16.6 Å². The van der Waals surface area contributed by atoms with Crippen molar-refractivity contribution >= 4 is 22.9 Å². The van der Waals surface area contributed by atoms with Crippen molar-refractivity contribution in [3.8, 4) is 0 Å². The van der Waals surface area contributed by atoms with Crippen molar-refractivity contribution in [2.45, 2.75) is 26.2 Å². The van der Waals surface area contributed by atoms with Crippen molar-refractivity contribution in [2.24, 2.45) is 5.84 Å². The number of rotatable bonds is 6. The monoisotopic (exact) mass is 306 g/mol. The molecule has 2 rings (SSSR count). The first-order valence-electron chi connectivity index (χ1n) is 6.60. The van der Waals surface area contributed by atoms with Crippen molar-refractivity contribution in [3.63, 3.8) is 0 Å². The first kappa shape index (κ1) is 15.3. The van der Waals surface area contributed by atoms with Gasteiger partial charge < -0.3 is 10.7 Å². The number of nitrogens with two attached hydrogens (primary N) is 1. The third-order valence-corrected chi connectivity index (χ3v) is 3.48. The Morgan fingerprint density at radius 2 is 2.24 bits per heavy atom. The Labute approximate surface area is 127 Å². The number of carbonyl (C=O) groups excluding carboxylic acids is 1. The molecule has 0 fully saturated rings. The lowest BCUT2D eigenvalue weighted by Crippen LogP contribution is -2.29. The van der Waals surface area contributed by atoms with Crippen molar-refractivity contribution in [1.29, 1.82) is 0 Å². The smallest absolute Gasteiger partial charge is 0.272 e. The molecule has 0 aromatic carbocycles. The molecule has 0 spiro atoms. The molecule has 0 aliphatic rings. The predicted octanol–water partition coefficient (Wildman–Crippen LogP) is 1.31. The second-order valence-corrected chi connectivity index (χ2v) is 5.49. The molecule has 1 amide bonds. The highest BCUT2D eigenvalue weighted by Gasteiger charge is 2.15. The van der Waals surface area contributed by atoms with Gasteiger partial charge in [-0.05, 0) is 0 Å². The van der Waals surface area contributed by atoms with Crippen LogP contribution in [0.15, 0.2) is 17.1 Å². The summed E-state index contributed by atoms with van der Waals surface area (Å²) in [5.74, 6) is 5.87. The molecule has 0 radical (unpaired) electrons. The molecule has 112 valence electrons. The number of hydrogen-bond donors (Lipinski definition) is 3. The van der Waals surface area contributed by atoms with Crippen LogP contribution in [-0.2, 0) is 6.42 Å². The van der Waals surface area contributed by atoms with Gasteiger partial charge in [0.2, 0.25) is 0 Å². The summed E-state index contributed by atoms with van der Waals surface area (Å²) >= 11 is 1.54. The fourth-order valence-corrected chi connectivity index (χ4v) is 2.29. The van der Waals surface area contributed by atoms with E-state index in [9.17, 15) is 4.79 Å². The lowest BCUT2D eigenvalue weighted by atomic mass is 10.2. The van der Waals surface area contributed by atoms with Crippen LogP contribution >= 0.6 is 11.3 Å². The summed E-state index contributed by atoms with van der Waals surface area (Å²) in [4.78, 5) is 24.8. The predicted molar refractivity (Wildman–Crippen MR) is 82.1 cm³/mol. The van der Waals surface area contributed by atoms with Crippen LogP contribution in [0.25, 0.3) is 0 Å². The highest BCUT2D eigenvalue weighted by Crippen LogP contribution is 2.15. The Balaban J connectivity index is 2.04. The van der Waals surface area contributed by atoms with Crippen LogP contribution in [0.1, 0.15) is 41.8 Å². The van der Waals surface area contributed by atoms with Crippen LogP contribution in [0.2, 0.25) is 0 Å². The molecule has 0 aliphatic heterocycles. The van der Waals surface area contributed by atoms with Crippen LogP contribution in [0.4, 0.5) is 5.69 Å². The molecular weight excluding hydrogens is 288 g/mol. The van der Waals surface area contributed by atoms with Crippen molar-refractivity contribution in [2.75, 3.05) is 12.0 Å². The SMILES string of the molecule is CC(C)c1ncc(NN)c(C(=O)NCCc2cscn2)n1. The Kier molecular flexibility index (Phi) is 5.18. The molecule has 2 aromatic rings. The molecule has 8 heteroatoms. The first-order chi connectivity index (χ1) is 10.1. The number of nitrogen functional groups attached to an aromatic ring is 1. The topological polar surface area (TPSA) is 106 Å². The first-order valence-corrected chi connectivity index (χ1v) is 7.55. The second-order valence-electron chi connectivity index (χ2n) is 4.78. The van der Waals surface area contributed by atoms with Crippen LogP contribution in [0, 0.1) is 0 Å². The number of hydrogen-bond acceptors (Lipinski definition) is 7. The molecule has 0 atom stereocenters. The van der Waals surface area contributed by atoms with Gasteiger partial charge in [-0.25, -0.2) is 15.0 Å². The van der Waals surface area contributed by atoms with Crippen LogP contribution in [0.3, 0.4) is 0 Å². The maximum Gasteiger partial charge on any atom is 0.272 e. The fourth-order valence-electron chi connectivity index (χ4n) is 1.70. The van der Waals surface area contributed by atoms with E-state index in [1.54, 1.807) is 5.51 Å². The maximum atomic E-state index is 12.2. The summed E-state index contributed by atoms with van der Waals surface area (Å²) in [5.41, 5.74) is 5.85. The van der Waals surface area contributed by atoms with E-state index in [0.29, 0.717) is 24.5 Å². The zero-order valence-corrected chi connectivity index (χ0v) is 12.8. The largest absolute Gasteiger partial charge is 0.350 e. The molecule has 0 aliphatic carbocycles. The quantitative estimate of drug-likeness (QED) is 0.549. The van der Waals surface area contributed by atoms with E-state index in [4.69, 9.17) is 5.84 Å². The molecule has 0 bridgehead atoms. The summed E-state index contributed by atoms with van der Waals surface area (Å²) in [6.45, 7) is 4.43. The number of hydrazine groups is 1. The fraction of sp³-hybridized carbons (Fsp3) is 0.385. The van der Waals surface area contributed by atoms with E-state index in [0.717, 1.165) is 5.69 Å². The van der Waals surface area contributed by atoms with Gasteiger partial charge in [0.05, 0.1) is 23.1 Å². The van der Waals surface area contributed by atoms with Gasteiger partial charge in [-0.2, -0.15) is 0 Å². The molecule has 0 unspecified atom stereocenters. The van der Waals surface area contributed by atoms with Gasteiger partial charge >= 0.3 is 0 Å². The molecule has 7 nitrogen and oxygen atoms in total. The molecule has 0 saturated carbocycles. The molecule has 2 heterocycles. The highest BCUT2D eigenvalue weighted by atomic mass is 32.1. The number of thiazole rings is 1. The van der Waals surface area contributed by atoms with E-state index < -0.39 is 0 Å². The summed E-state index contributed by atoms with van der Waals surface area (Å²) in [5, 5.41) is 4.78. The Morgan fingerprint density at radius 3 is 2.86 bits per heavy atom. The van der Waals surface area contributed by atoms with E-state index >= 15 is 0 Å². The van der Waals surface area contributed by atoms with E-state index in [1.165, 1.54) is 17.5 Å². The third-order valence-electron chi connectivity index (χ3n) is 2.84. The van der Waals surface area contributed by atoms with Crippen molar-refractivity contribution in [1.82, 2.24) is 20.3 Å². The van der Waals surface area contributed by atoms with Crippen LogP contribution in [0.5, 0.6) is 0 Å².